The first-order chi connectivity index (χ1) is 8.00. The highest BCUT2D eigenvalue weighted by molar-refractivity contribution is 7.99. The van der Waals surface area contributed by atoms with Crippen LogP contribution in [0.15, 0.2) is 12.2 Å². The van der Waals surface area contributed by atoms with Gasteiger partial charge in [-0.25, -0.2) is 9.59 Å². The van der Waals surface area contributed by atoms with Gasteiger partial charge in [0.25, 0.3) is 0 Å². The molecule has 0 bridgehead atoms. The minimum absolute atomic E-state index is 0.245. The van der Waals surface area contributed by atoms with Crippen LogP contribution in [-0.4, -0.2) is 42.4 Å². The van der Waals surface area contributed by atoms with Gasteiger partial charge in [-0.3, -0.25) is 0 Å². The SMILES string of the molecule is C=C(C)C(=O)OC(C)C(=O)OC1CSCCO1. The average molecular weight is 260 g/mol. The molecule has 1 aliphatic heterocycles. The lowest BCUT2D eigenvalue weighted by atomic mass is 10.3. The zero-order valence-corrected chi connectivity index (χ0v) is 10.7. The molecule has 17 heavy (non-hydrogen) atoms. The number of thioether (sulfide) groups is 1. The minimum atomic E-state index is -0.949. The van der Waals surface area contributed by atoms with Gasteiger partial charge in [0.15, 0.2) is 6.10 Å². The van der Waals surface area contributed by atoms with Gasteiger partial charge in [0, 0.05) is 11.3 Å². The molecule has 1 rings (SSSR count). The molecule has 0 saturated carbocycles. The maximum Gasteiger partial charge on any atom is 0.349 e. The van der Waals surface area contributed by atoms with Crippen molar-refractivity contribution in [1.29, 1.82) is 0 Å². The predicted octanol–water partition coefficient (Wildman–Crippen LogP) is 1.13. The van der Waals surface area contributed by atoms with Crippen LogP contribution >= 0.6 is 11.8 Å². The molecule has 0 aromatic rings. The molecule has 0 spiro atoms. The normalized spacial score (nSPS) is 21.4. The molecule has 1 aliphatic rings. The Balaban J connectivity index is 2.35. The van der Waals surface area contributed by atoms with Crippen LogP contribution in [0.3, 0.4) is 0 Å². The lowest BCUT2D eigenvalue weighted by Crippen LogP contribution is -2.34. The molecular weight excluding hydrogens is 244 g/mol. The van der Waals surface area contributed by atoms with Gasteiger partial charge in [0.05, 0.1) is 12.4 Å². The summed E-state index contributed by atoms with van der Waals surface area (Å²) in [5.74, 6) is 0.293. The Labute approximate surface area is 104 Å². The summed E-state index contributed by atoms with van der Waals surface area (Å²) in [7, 11) is 0. The van der Waals surface area contributed by atoms with Crippen molar-refractivity contribution < 1.29 is 23.8 Å². The third-order valence-electron chi connectivity index (χ3n) is 2.00. The van der Waals surface area contributed by atoms with Crippen LogP contribution in [-0.2, 0) is 23.8 Å². The van der Waals surface area contributed by atoms with Crippen LogP contribution in [0.5, 0.6) is 0 Å². The van der Waals surface area contributed by atoms with E-state index in [4.69, 9.17) is 14.2 Å². The fourth-order valence-corrected chi connectivity index (χ4v) is 1.81. The van der Waals surface area contributed by atoms with Gasteiger partial charge in [-0.1, -0.05) is 6.58 Å². The first-order valence-corrected chi connectivity index (χ1v) is 6.42. The van der Waals surface area contributed by atoms with Crippen molar-refractivity contribution in [2.75, 3.05) is 18.1 Å². The van der Waals surface area contributed by atoms with Gasteiger partial charge in [-0.15, -0.1) is 0 Å². The summed E-state index contributed by atoms with van der Waals surface area (Å²) in [4.78, 5) is 22.7. The molecule has 0 amide bonds. The maximum absolute atomic E-state index is 11.6. The topological polar surface area (TPSA) is 61.8 Å². The van der Waals surface area contributed by atoms with Crippen LogP contribution in [0, 0.1) is 0 Å². The molecule has 6 heteroatoms. The van der Waals surface area contributed by atoms with Gasteiger partial charge in [-0.2, -0.15) is 11.8 Å². The van der Waals surface area contributed by atoms with Crippen molar-refractivity contribution in [2.24, 2.45) is 0 Å². The number of ether oxygens (including phenoxy) is 3. The lowest BCUT2D eigenvalue weighted by molar-refractivity contribution is -0.187. The molecule has 2 atom stereocenters. The number of carbonyl (C=O) groups is 2. The van der Waals surface area contributed by atoms with E-state index in [1.807, 2.05) is 0 Å². The van der Waals surface area contributed by atoms with Gasteiger partial charge in [-0.05, 0) is 13.8 Å². The average Bonchev–Trinajstić information content (AvgIpc) is 2.29. The van der Waals surface area contributed by atoms with Crippen molar-refractivity contribution in [2.45, 2.75) is 26.2 Å². The van der Waals surface area contributed by atoms with E-state index in [9.17, 15) is 9.59 Å². The van der Waals surface area contributed by atoms with Gasteiger partial charge in [0.1, 0.15) is 0 Å². The lowest BCUT2D eigenvalue weighted by Gasteiger charge is -2.23. The molecule has 5 nitrogen and oxygen atoms in total. The van der Waals surface area contributed by atoms with E-state index in [1.165, 1.54) is 13.8 Å². The van der Waals surface area contributed by atoms with Crippen molar-refractivity contribution in [3.8, 4) is 0 Å². The second-order valence-electron chi connectivity index (χ2n) is 3.64. The second-order valence-corrected chi connectivity index (χ2v) is 4.79. The summed E-state index contributed by atoms with van der Waals surface area (Å²) >= 11 is 1.65. The Morgan fingerprint density at radius 2 is 2.24 bits per heavy atom. The first-order valence-electron chi connectivity index (χ1n) is 5.27. The number of carbonyl (C=O) groups excluding carboxylic acids is 2. The molecule has 0 aromatic carbocycles. The molecule has 0 radical (unpaired) electrons. The molecule has 96 valence electrons. The van der Waals surface area contributed by atoms with Crippen LogP contribution in [0.1, 0.15) is 13.8 Å². The fourth-order valence-electron chi connectivity index (χ4n) is 1.07. The summed E-state index contributed by atoms with van der Waals surface area (Å²) in [6.45, 7) is 6.96. The Hall–Kier alpha value is -1.01. The maximum atomic E-state index is 11.6. The zero-order chi connectivity index (χ0) is 12.8. The Morgan fingerprint density at radius 1 is 1.53 bits per heavy atom. The molecular formula is C11H16O5S. The molecule has 0 aromatic heterocycles. The third kappa shape index (κ3) is 4.79. The first kappa shape index (κ1) is 14.1. The Kier molecular flexibility index (Phi) is 5.50. The number of rotatable bonds is 4. The largest absolute Gasteiger partial charge is 0.447 e. The minimum Gasteiger partial charge on any atom is -0.447 e. The highest BCUT2D eigenvalue weighted by Crippen LogP contribution is 2.14. The van der Waals surface area contributed by atoms with Crippen molar-refractivity contribution in [3.05, 3.63) is 12.2 Å². The van der Waals surface area contributed by atoms with Crippen molar-refractivity contribution >= 4 is 23.7 Å². The number of hydrogen-bond donors (Lipinski definition) is 0. The van der Waals surface area contributed by atoms with E-state index >= 15 is 0 Å². The molecule has 0 aliphatic carbocycles. The summed E-state index contributed by atoms with van der Waals surface area (Å²) in [5, 5.41) is 0. The van der Waals surface area contributed by atoms with Crippen molar-refractivity contribution in [3.63, 3.8) is 0 Å². The quantitative estimate of drug-likeness (QED) is 0.558. The Bertz CT molecular complexity index is 309. The van der Waals surface area contributed by atoms with E-state index in [-0.39, 0.29) is 5.57 Å². The third-order valence-corrected chi connectivity index (χ3v) is 2.96. The fraction of sp³-hybridized carbons (Fsp3) is 0.636. The molecule has 1 saturated heterocycles. The van der Waals surface area contributed by atoms with E-state index in [0.29, 0.717) is 12.4 Å². The smallest absolute Gasteiger partial charge is 0.349 e. The highest BCUT2D eigenvalue weighted by atomic mass is 32.2. The zero-order valence-electron chi connectivity index (χ0n) is 9.93. The summed E-state index contributed by atoms with van der Waals surface area (Å²) < 4.78 is 15.1. The van der Waals surface area contributed by atoms with E-state index in [2.05, 4.69) is 6.58 Å². The molecule has 2 unspecified atom stereocenters. The molecule has 1 fully saturated rings. The van der Waals surface area contributed by atoms with Crippen LogP contribution < -0.4 is 0 Å². The Morgan fingerprint density at radius 3 is 2.76 bits per heavy atom. The summed E-state index contributed by atoms with van der Waals surface area (Å²) in [6, 6.07) is 0. The van der Waals surface area contributed by atoms with Crippen LogP contribution in [0.2, 0.25) is 0 Å². The second kappa shape index (κ2) is 6.66. The monoisotopic (exact) mass is 260 g/mol. The van der Waals surface area contributed by atoms with E-state index in [0.717, 1.165) is 5.75 Å². The number of hydrogen-bond acceptors (Lipinski definition) is 6. The highest BCUT2D eigenvalue weighted by Gasteiger charge is 2.25. The van der Waals surface area contributed by atoms with Crippen LogP contribution in [0.4, 0.5) is 0 Å². The molecule has 1 heterocycles. The van der Waals surface area contributed by atoms with E-state index in [1.54, 1.807) is 11.8 Å². The van der Waals surface area contributed by atoms with Crippen LogP contribution in [0.25, 0.3) is 0 Å². The standard InChI is InChI=1S/C11H16O5S/c1-7(2)10(12)15-8(3)11(13)16-9-6-17-5-4-14-9/h8-9H,1,4-6H2,2-3H3. The van der Waals surface area contributed by atoms with Gasteiger partial charge < -0.3 is 14.2 Å². The molecule has 0 N–H and O–H groups in total. The summed E-state index contributed by atoms with van der Waals surface area (Å²) in [6.07, 6.45) is -1.50. The van der Waals surface area contributed by atoms with Gasteiger partial charge in [0.2, 0.25) is 6.29 Å². The van der Waals surface area contributed by atoms with Gasteiger partial charge >= 0.3 is 11.9 Å². The predicted molar refractivity (Wildman–Crippen MR) is 63.5 cm³/mol. The summed E-state index contributed by atoms with van der Waals surface area (Å²) in [5.41, 5.74) is 0.245. The van der Waals surface area contributed by atoms with Crippen molar-refractivity contribution in [1.82, 2.24) is 0 Å². The number of esters is 2. The van der Waals surface area contributed by atoms with E-state index < -0.39 is 24.3 Å².